The maximum absolute atomic E-state index is 12.7. The molecule has 0 aromatic rings. The van der Waals surface area contributed by atoms with Gasteiger partial charge in [0.1, 0.15) is 12.6 Å². The molecule has 0 saturated carbocycles. The minimum atomic E-state index is -4.72. The van der Waals surface area contributed by atoms with Gasteiger partial charge in [-0.05, 0) is 44.9 Å². The molecule has 0 aliphatic rings. The Morgan fingerprint density at radius 2 is 0.862 bits per heavy atom. The van der Waals surface area contributed by atoms with Gasteiger partial charge in [0.05, 0.1) is 13.2 Å². The summed E-state index contributed by atoms with van der Waals surface area (Å²) in [6.07, 6.45) is 55.0. The van der Waals surface area contributed by atoms with Crippen molar-refractivity contribution in [2.45, 2.75) is 264 Å². The third-order valence-corrected chi connectivity index (χ3v) is 12.6. The average molecular weight is 940 g/mol. The highest BCUT2D eigenvalue weighted by Crippen LogP contribution is 2.43. The Morgan fingerprint density at radius 3 is 1.29 bits per heavy atom. The number of nitrogens with two attached hydrogens (primary N) is 1. The van der Waals surface area contributed by atoms with Crippen molar-refractivity contribution in [3.63, 3.8) is 0 Å². The van der Waals surface area contributed by atoms with Gasteiger partial charge in [-0.1, -0.05) is 230 Å². The highest BCUT2D eigenvalue weighted by molar-refractivity contribution is 7.47. The van der Waals surface area contributed by atoms with Gasteiger partial charge in [0.2, 0.25) is 0 Å². The summed E-state index contributed by atoms with van der Waals surface area (Å²) in [5.41, 5.74) is 5.35. The number of allylic oxidation sites excluding steroid dienone is 6. The summed E-state index contributed by atoms with van der Waals surface area (Å²) in [5, 5.41) is 8.92. The first kappa shape index (κ1) is 62.7. The van der Waals surface area contributed by atoms with Crippen LogP contribution in [0.2, 0.25) is 0 Å². The number of carbonyl (C=O) groups excluding carboxylic acids is 2. The van der Waals surface area contributed by atoms with Gasteiger partial charge in [-0.3, -0.25) is 23.4 Å². The minimum Gasteiger partial charge on any atom is -0.480 e. The zero-order valence-corrected chi connectivity index (χ0v) is 42.5. The summed E-state index contributed by atoms with van der Waals surface area (Å²) >= 11 is 0. The van der Waals surface area contributed by atoms with E-state index in [1.807, 2.05) is 0 Å². The fourth-order valence-electron chi connectivity index (χ4n) is 7.55. The molecule has 4 N–H and O–H groups in total. The maximum Gasteiger partial charge on any atom is 0.472 e. The van der Waals surface area contributed by atoms with E-state index in [1.165, 1.54) is 135 Å². The summed E-state index contributed by atoms with van der Waals surface area (Å²) in [4.78, 5) is 46.2. The van der Waals surface area contributed by atoms with Crippen molar-refractivity contribution in [2.24, 2.45) is 5.73 Å². The van der Waals surface area contributed by atoms with E-state index >= 15 is 0 Å². The second-order valence-electron chi connectivity index (χ2n) is 18.0. The van der Waals surface area contributed by atoms with Gasteiger partial charge in [0, 0.05) is 12.8 Å². The quantitative estimate of drug-likeness (QED) is 0.0229. The average Bonchev–Trinajstić information content (AvgIpc) is 3.28. The monoisotopic (exact) mass is 940 g/mol. The number of phosphoric acid groups is 1. The molecule has 3 atom stereocenters. The summed E-state index contributed by atoms with van der Waals surface area (Å²) in [6, 6.07) is -1.52. The van der Waals surface area contributed by atoms with E-state index < -0.39 is 51.1 Å². The van der Waals surface area contributed by atoms with Gasteiger partial charge in [0.15, 0.2) is 6.10 Å². The van der Waals surface area contributed by atoms with Crippen LogP contribution < -0.4 is 5.73 Å². The van der Waals surface area contributed by atoms with E-state index in [1.54, 1.807) is 0 Å². The standard InChI is InChI=1S/C53H98NO10P/c1-3-5-7-9-11-13-15-17-19-21-22-23-24-25-26-27-29-30-32-34-36-38-40-42-44-51(55)61-46-49(47-62-65(59,60)63-48-50(54)53(57)58)64-52(56)45-43-41-39-37-35-33-31-28-20-18-16-14-12-10-8-6-4-2/h6,8,12,14,18,20,49-50H,3-5,7,9-11,13,15-17,19,21-48,54H2,1-2H3,(H,57,58)(H,59,60)/b8-6-,14-12-,20-18-. The highest BCUT2D eigenvalue weighted by Gasteiger charge is 2.28. The van der Waals surface area contributed by atoms with Gasteiger partial charge < -0.3 is 25.2 Å². The molecule has 0 aliphatic heterocycles. The molecule has 0 aromatic carbocycles. The van der Waals surface area contributed by atoms with E-state index in [4.69, 9.17) is 24.8 Å². The lowest BCUT2D eigenvalue weighted by Gasteiger charge is -2.20. The Balaban J connectivity index is 4.16. The number of hydrogen-bond acceptors (Lipinski definition) is 9. The van der Waals surface area contributed by atoms with Gasteiger partial charge in [0.25, 0.3) is 0 Å². The molecule has 0 fully saturated rings. The SMILES string of the molecule is CC/C=C\C/C=C\C/C=C\CCCCCCCCCC(=O)OC(COC(=O)CCCCCCCCCCCCCCCCCCCCCCCCCC)COP(=O)(O)OCC(N)C(=O)O. The fourth-order valence-corrected chi connectivity index (χ4v) is 8.33. The van der Waals surface area contributed by atoms with Crippen LogP contribution in [0.5, 0.6) is 0 Å². The largest absolute Gasteiger partial charge is 0.480 e. The van der Waals surface area contributed by atoms with E-state index in [0.29, 0.717) is 12.8 Å². The molecule has 0 radical (unpaired) electrons. The van der Waals surface area contributed by atoms with E-state index in [-0.39, 0.29) is 19.4 Å². The molecule has 3 unspecified atom stereocenters. The number of hydrogen-bond donors (Lipinski definition) is 3. The zero-order valence-electron chi connectivity index (χ0n) is 41.6. The lowest BCUT2D eigenvalue weighted by Crippen LogP contribution is -2.34. The van der Waals surface area contributed by atoms with Crippen LogP contribution in [0.3, 0.4) is 0 Å². The van der Waals surface area contributed by atoms with Crippen LogP contribution >= 0.6 is 7.82 Å². The maximum atomic E-state index is 12.7. The fraction of sp³-hybridized carbons (Fsp3) is 0.830. The number of rotatable bonds is 50. The molecule has 0 aliphatic carbocycles. The van der Waals surface area contributed by atoms with Gasteiger partial charge >= 0.3 is 25.7 Å². The predicted molar refractivity (Wildman–Crippen MR) is 268 cm³/mol. The molecular formula is C53H98NO10P. The summed E-state index contributed by atoms with van der Waals surface area (Å²) in [6.45, 7) is 2.73. The highest BCUT2D eigenvalue weighted by atomic mass is 31.2. The number of esters is 2. The molecule has 65 heavy (non-hydrogen) atoms. The molecule has 0 heterocycles. The normalized spacial score (nSPS) is 13.8. The first-order valence-corrected chi connectivity index (χ1v) is 28.0. The molecule has 0 spiro atoms. The second kappa shape index (κ2) is 48.2. The van der Waals surface area contributed by atoms with Crippen LogP contribution in [0.1, 0.15) is 251 Å². The van der Waals surface area contributed by atoms with Crippen molar-refractivity contribution >= 4 is 25.7 Å². The Kier molecular flexibility index (Phi) is 46.5. The van der Waals surface area contributed by atoms with Crippen molar-refractivity contribution in [2.75, 3.05) is 19.8 Å². The molecule has 380 valence electrons. The minimum absolute atomic E-state index is 0.152. The smallest absolute Gasteiger partial charge is 0.472 e. The second-order valence-corrected chi connectivity index (χ2v) is 19.4. The number of aliphatic carboxylic acids is 1. The summed E-state index contributed by atoms with van der Waals surface area (Å²) in [5.74, 6) is -2.38. The summed E-state index contributed by atoms with van der Waals surface area (Å²) in [7, 11) is -4.72. The Morgan fingerprint density at radius 1 is 0.492 bits per heavy atom. The van der Waals surface area contributed by atoms with Gasteiger partial charge in [-0.15, -0.1) is 0 Å². The number of carboxylic acids is 1. The van der Waals surface area contributed by atoms with Crippen molar-refractivity contribution in [1.29, 1.82) is 0 Å². The van der Waals surface area contributed by atoms with Crippen LogP contribution in [-0.4, -0.2) is 59.9 Å². The topological polar surface area (TPSA) is 172 Å². The lowest BCUT2D eigenvalue weighted by molar-refractivity contribution is -0.161. The summed E-state index contributed by atoms with van der Waals surface area (Å²) < 4.78 is 32.9. The Bertz CT molecular complexity index is 1240. The molecule has 0 saturated heterocycles. The van der Waals surface area contributed by atoms with Crippen LogP contribution in [-0.2, 0) is 37.5 Å². The van der Waals surface area contributed by atoms with Crippen molar-refractivity contribution in [3.05, 3.63) is 36.5 Å². The molecule has 0 bridgehead atoms. The Hall–Kier alpha value is -2.30. The van der Waals surface area contributed by atoms with E-state index in [0.717, 1.165) is 77.0 Å². The zero-order chi connectivity index (χ0) is 47.7. The van der Waals surface area contributed by atoms with Crippen molar-refractivity contribution in [1.82, 2.24) is 0 Å². The number of ether oxygens (including phenoxy) is 2. The molecular weight excluding hydrogens is 842 g/mol. The van der Waals surface area contributed by atoms with Gasteiger partial charge in [-0.2, -0.15) is 0 Å². The number of carboxylic acid groups (broad SMARTS) is 1. The molecule has 12 heteroatoms. The van der Waals surface area contributed by atoms with Crippen molar-refractivity contribution < 1.29 is 47.5 Å². The third-order valence-electron chi connectivity index (χ3n) is 11.7. The van der Waals surface area contributed by atoms with Crippen LogP contribution in [0, 0.1) is 0 Å². The molecule has 0 rings (SSSR count). The Labute approximate surface area is 397 Å². The molecule has 0 amide bonds. The van der Waals surface area contributed by atoms with Crippen LogP contribution in [0.15, 0.2) is 36.5 Å². The van der Waals surface area contributed by atoms with E-state index in [9.17, 15) is 23.8 Å². The predicted octanol–water partition coefficient (Wildman–Crippen LogP) is 15.1. The van der Waals surface area contributed by atoms with Gasteiger partial charge in [-0.25, -0.2) is 4.57 Å². The first-order chi connectivity index (χ1) is 31.6. The number of phosphoric ester groups is 1. The molecule has 11 nitrogen and oxygen atoms in total. The first-order valence-electron chi connectivity index (χ1n) is 26.5. The third kappa shape index (κ3) is 48.0. The van der Waals surface area contributed by atoms with Crippen molar-refractivity contribution in [3.8, 4) is 0 Å². The lowest BCUT2D eigenvalue weighted by atomic mass is 10.0. The molecule has 0 aromatic heterocycles. The van der Waals surface area contributed by atoms with Crippen LogP contribution in [0.4, 0.5) is 0 Å². The number of unbranched alkanes of at least 4 members (excludes halogenated alkanes) is 30. The van der Waals surface area contributed by atoms with E-state index in [2.05, 4.69) is 54.8 Å². The van der Waals surface area contributed by atoms with Crippen LogP contribution in [0.25, 0.3) is 0 Å². The number of carbonyl (C=O) groups is 3.